The highest BCUT2D eigenvalue weighted by Crippen LogP contribution is 2.37. The molecule has 0 atom stereocenters. The van der Waals surface area contributed by atoms with Crippen molar-refractivity contribution in [1.29, 1.82) is 5.26 Å². The third kappa shape index (κ3) is 5.02. The third-order valence-corrected chi connectivity index (χ3v) is 4.24. The Hall–Kier alpha value is -3.50. The Kier molecular flexibility index (Phi) is 7.02. The highest BCUT2D eigenvalue weighted by atomic mass is 35.5. The first-order valence-electron chi connectivity index (χ1n) is 8.16. The van der Waals surface area contributed by atoms with Gasteiger partial charge in [0.15, 0.2) is 0 Å². The molecule has 0 spiro atoms. The number of phenols is 2. The van der Waals surface area contributed by atoms with Gasteiger partial charge < -0.3 is 20.3 Å². The van der Waals surface area contributed by atoms with Crippen LogP contribution in [0.2, 0.25) is 5.02 Å². The number of halogens is 1. The Balaban J connectivity index is 2.05. The first-order valence-corrected chi connectivity index (χ1v) is 8.54. The predicted molar refractivity (Wildman–Crippen MR) is 103 cm³/mol. The van der Waals surface area contributed by atoms with Crippen LogP contribution in [0.4, 0.5) is 5.69 Å². The molecule has 2 rings (SSSR count). The monoisotopic (exact) mass is 400 g/mol. The molecule has 3 N–H and O–H groups in total. The summed E-state index contributed by atoms with van der Waals surface area (Å²) in [5.74, 6) is -1.95. The Morgan fingerprint density at radius 1 is 1.25 bits per heavy atom. The maximum atomic E-state index is 11.9. The molecular formula is C20H17ClN2O5. The van der Waals surface area contributed by atoms with Crippen molar-refractivity contribution in [2.45, 2.75) is 12.8 Å². The Labute approximate surface area is 166 Å². The number of amides is 1. The van der Waals surface area contributed by atoms with Gasteiger partial charge in [0.05, 0.1) is 23.8 Å². The number of hydrogen-bond acceptors (Lipinski definition) is 6. The zero-order valence-electron chi connectivity index (χ0n) is 14.9. The molecule has 0 heterocycles. The maximum Gasteiger partial charge on any atom is 0.341 e. The van der Waals surface area contributed by atoms with E-state index in [1.54, 1.807) is 30.3 Å². The minimum Gasteiger partial charge on any atom is -0.507 e. The average Bonchev–Trinajstić information content (AvgIpc) is 2.68. The van der Waals surface area contributed by atoms with Crippen molar-refractivity contribution in [2.24, 2.45) is 0 Å². The van der Waals surface area contributed by atoms with Crippen LogP contribution in [0.3, 0.4) is 0 Å². The summed E-state index contributed by atoms with van der Waals surface area (Å²) in [5, 5.41) is 31.0. The number of phenolic OH excluding ortho intramolecular Hbond substituents is 2. The van der Waals surface area contributed by atoms with Crippen LogP contribution in [-0.2, 0) is 16.0 Å². The summed E-state index contributed by atoms with van der Waals surface area (Å²) in [7, 11) is 1.17. The van der Waals surface area contributed by atoms with Gasteiger partial charge in [-0.25, -0.2) is 4.79 Å². The number of aromatic hydroxyl groups is 2. The van der Waals surface area contributed by atoms with E-state index in [0.29, 0.717) is 17.7 Å². The van der Waals surface area contributed by atoms with Crippen molar-refractivity contribution in [1.82, 2.24) is 0 Å². The lowest BCUT2D eigenvalue weighted by Gasteiger charge is -2.12. The minimum absolute atomic E-state index is 0.0614. The summed E-state index contributed by atoms with van der Waals surface area (Å²) in [6.07, 6.45) is 3.38. The minimum atomic E-state index is -0.781. The number of carbonyl (C=O) groups is 2. The molecule has 0 radical (unpaired) electrons. The van der Waals surface area contributed by atoms with Gasteiger partial charge in [-0.05, 0) is 48.7 Å². The number of nitriles is 1. The van der Waals surface area contributed by atoms with Crippen molar-refractivity contribution in [3.05, 3.63) is 64.2 Å². The van der Waals surface area contributed by atoms with Gasteiger partial charge in [0.2, 0.25) is 5.91 Å². The molecule has 2 aromatic rings. The zero-order valence-corrected chi connectivity index (χ0v) is 15.7. The van der Waals surface area contributed by atoms with Crippen LogP contribution in [-0.4, -0.2) is 29.2 Å². The van der Waals surface area contributed by atoms with E-state index in [4.69, 9.17) is 16.9 Å². The van der Waals surface area contributed by atoms with Gasteiger partial charge in [0, 0.05) is 11.8 Å². The van der Waals surface area contributed by atoms with Gasteiger partial charge in [0.25, 0.3) is 0 Å². The van der Waals surface area contributed by atoms with E-state index in [9.17, 15) is 19.8 Å². The number of ether oxygens (including phenoxy) is 1. The normalized spacial score (nSPS) is 10.5. The van der Waals surface area contributed by atoms with Crippen molar-refractivity contribution >= 4 is 29.2 Å². The first kappa shape index (κ1) is 20.8. The molecule has 1 amide bonds. The van der Waals surface area contributed by atoms with E-state index >= 15 is 0 Å². The zero-order chi connectivity index (χ0) is 20.7. The highest BCUT2D eigenvalue weighted by molar-refractivity contribution is 6.33. The van der Waals surface area contributed by atoms with Crippen molar-refractivity contribution in [2.75, 3.05) is 12.4 Å². The van der Waals surface area contributed by atoms with Crippen LogP contribution in [0.1, 0.15) is 27.9 Å². The molecule has 0 bridgehead atoms. The molecule has 0 aliphatic carbocycles. The fraction of sp³-hybridized carbons (Fsp3) is 0.150. The second kappa shape index (κ2) is 9.44. The fourth-order valence-corrected chi connectivity index (χ4v) is 2.72. The molecule has 0 fully saturated rings. The molecule has 0 aliphatic heterocycles. The molecule has 2 aromatic carbocycles. The Morgan fingerprint density at radius 2 is 1.93 bits per heavy atom. The molecule has 0 saturated heterocycles. The Morgan fingerprint density at radius 3 is 2.54 bits per heavy atom. The second-order valence-corrected chi connectivity index (χ2v) is 6.07. The number of nitrogens with zero attached hydrogens (tertiary/aromatic N) is 1. The Bertz CT molecular complexity index is 962. The lowest BCUT2D eigenvalue weighted by Crippen LogP contribution is -2.08. The number of anilines is 1. The number of benzene rings is 2. The van der Waals surface area contributed by atoms with E-state index in [-0.39, 0.29) is 34.2 Å². The third-order valence-electron chi connectivity index (χ3n) is 3.82. The molecule has 8 heteroatoms. The number of rotatable bonds is 6. The van der Waals surface area contributed by atoms with Crippen LogP contribution in [0.25, 0.3) is 0 Å². The largest absolute Gasteiger partial charge is 0.507 e. The predicted octanol–water partition coefficient (Wildman–Crippen LogP) is 3.54. The lowest BCUT2D eigenvalue weighted by atomic mass is 10.0. The molecule has 0 unspecified atom stereocenters. The number of methoxy groups -OCH3 is 1. The fourth-order valence-electron chi connectivity index (χ4n) is 2.48. The van der Waals surface area contributed by atoms with Gasteiger partial charge in [0.1, 0.15) is 17.1 Å². The SMILES string of the molecule is COC(=O)c1c(O)cc(O)c(Cl)c1CC/C=C\C(=O)Nc1ccc(C#N)cc1. The topological polar surface area (TPSA) is 120 Å². The second-order valence-electron chi connectivity index (χ2n) is 5.69. The van der Waals surface area contributed by atoms with Gasteiger partial charge in [-0.2, -0.15) is 5.26 Å². The van der Waals surface area contributed by atoms with Crippen LogP contribution >= 0.6 is 11.6 Å². The van der Waals surface area contributed by atoms with E-state index in [2.05, 4.69) is 10.1 Å². The molecule has 7 nitrogen and oxygen atoms in total. The summed E-state index contributed by atoms with van der Waals surface area (Å²) in [4.78, 5) is 23.8. The summed E-state index contributed by atoms with van der Waals surface area (Å²) in [6, 6.07) is 9.36. The van der Waals surface area contributed by atoms with E-state index in [0.717, 1.165) is 6.07 Å². The number of hydrogen-bond donors (Lipinski definition) is 3. The summed E-state index contributed by atoms with van der Waals surface area (Å²) < 4.78 is 4.64. The van der Waals surface area contributed by atoms with Gasteiger partial charge in [-0.3, -0.25) is 4.79 Å². The first-order chi connectivity index (χ1) is 13.4. The standard InChI is InChI=1S/C20H17ClN2O5/c1-28-20(27)18-14(19(21)16(25)10-15(18)24)4-2-3-5-17(26)23-13-8-6-12(11-22)7-9-13/h3,5-10,24-25H,2,4H2,1H3,(H,23,26)/b5-3-. The van der Waals surface area contributed by atoms with Crippen LogP contribution in [0.5, 0.6) is 11.5 Å². The van der Waals surface area contributed by atoms with Gasteiger partial charge in [-0.1, -0.05) is 17.7 Å². The average molecular weight is 401 g/mol. The van der Waals surface area contributed by atoms with Gasteiger partial charge >= 0.3 is 5.97 Å². The quantitative estimate of drug-likeness (QED) is 0.504. The van der Waals surface area contributed by atoms with Crippen LogP contribution < -0.4 is 5.32 Å². The molecule has 0 aromatic heterocycles. The molecular weight excluding hydrogens is 384 g/mol. The van der Waals surface area contributed by atoms with E-state index in [1.807, 2.05) is 6.07 Å². The summed E-state index contributed by atoms with van der Waals surface area (Å²) >= 11 is 6.05. The molecule has 0 aliphatic rings. The number of allylic oxidation sites excluding steroid dienone is 1. The summed E-state index contributed by atoms with van der Waals surface area (Å²) in [5.41, 5.74) is 1.13. The molecule has 144 valence electrons. The number of esters is 1. The maximum absolute atomic E-state index is 11.9. The summed E-state index contributed by atoms with van der Waals surface area (Å²) in [6.45, 7) is 0. The smallest absolute Gasteiger partial charge is 0.341 e. The van der Waals surface area contributed by atoms with Gasteiger partial charge in [-0.15, -0.1) is 0 Å². The number of nitrogens with one attached hydrogen (secondary N) is 1. The number of carbonyl (C=O) groups excluding carboxylic acids is 2. The van der Waals surface area contributed by atoms with Crippen LogP contribution in [0.15, 0.2) is 42.5 Å². The van der Waals surface area contributed by atoms with E-state index < -0.39 is 11.7 Å². The molecule has 0 saturated carbocycles. The molecule has 28 heavy (non-hydrogen) atoms. The van der Waals surface area contributed by atoms with Crippen molar-refractivity contribution in [3.63, 3.8) is 0 Å². The van der Waals surface area contributed by atoms with Crippen LogP contribution in [0, 0.1) is 11.3 Å². The lowest BCUT2D eigenvalue weighted by molar-refractivity contribution is -0.111. The van der Waals surface area contributed by atoms with E-state index in [1.165, 1.54) is 13.2 Å². The highest BCUT2D eigenvalue weighted by Gasteiger charge is 2.22. The van der Waals surface area contributed by atoms with Crippen molar-refractivity contribution in [3.8, 4) is 17.6 Å². The van der Waals surface area contributed by atoms with Crippen molar-refractivity contribution < 1.29 is 24.5 Å².